The summed E-state index contributed by atoms with van der Waals surface area (Å²) in [6, 6.07) is -2.08. The van der Waals surface area contributed by atoms with Gasteiger partial charge in [0.1, 0.15) is 0 Å². The van der Waals surface area contributed by atoms with E-state index < -0.39 is 24.1 Å². The highest BCUT2D eigenvalue weighted by Gasteiger charge is 2.20. The van der Waals surface area contributed by atoms with E-state index in [1.807, 2.05) is 6.92 Å². The number of carbonyl (C=O) groups excluding carboxylic acids is 1. The van der Waals surface area contributed by atoms with Gasteiger partial charge < -0.3 is 20.5 Å². The third-order valence-electron chi connectivity index (χ3n) is 2.02. The third kappa shape index (κ3) is 6.43. The highest BCUT2D eigenvalue weighted by Crippen LogP contribution is 1.95. The monoisotopic (exact) mass is 242 g/mol. The van der Waals surface area contributed by atoms with Crippen LogP contribution in [0.2, 0.25) is 0 Å². The maximum Gasteiger partial charge on any atom is 0.328 e. The second-order valence-corrected chi connectivity index (χ2v) is 3.47. The van der Waals surface area contributed by atoms with Gasteiger partial charge in [0.15, 0.2) is 6.04 Å². The summed E-state index contributed by atoms with van der Waals surface area (Å²) in [5.74, 6) is 1.26. The van der Waals surface area contributed by atoms with E-state index in [-0.39, 0.29) is 6.61 Å². The number of carboxylic acid groups (broad SMARTS) is 1. The van der Waals surface area contributed by atoms with E-state index in [1.54, 1.807) is 0 Å². The Morgan fingerprint density at radius 3 is 2.53 bits per heavy atom. The molecule has 0 aliphatic heterocycles. The van der Waals surface area contributed by atoms with E-state index in [9.17, 15) is 9.59 Å². The normalized spacial score (nSPS) is 13.2. The van der Waals surface area contributed by atoms with Gasteiger partial charge in [-0.05, 0) is 6.42 Å². The molecule has 0 saturated carbocycles. The number of hydrogen-bond acceptors (Lipinski definition) is 3. The third-order valence-corrected chi connectivity index (χ3v) is 2.02. The lowest BCUT2D eigenvalue weighted by atomic mass is 10.2. The zero-order valence-electron chi connectivity index (χ0n) is 10.0. The first-order chi connectivity index (χ1) is 8.04. The van der Waals surface area contributed by atoms with Crippen molar-refractivity contribution < 1.29 is 19.4 Å². The van der Waals surface area contributed by atoms with Crippen molar-refractivity contribution in [3.8, 4) is 12.3 Å². The van der Waals surface area contributed by atoms with Crippen molar-refractivity contribution in [2.24, 2.45) is 0 Å². The Labute approximate surface area is 101 Å². The topological polar surface area (TPSA) is 87.7 Å². The van der Waals surface area contributed by atoms with Crippen molar-refractivity contribution in [3.63, 3.8) is 0 Å². The van der Waals surface area contributed by atoms with E-state index in [4.69, 9.17) is 11.5 Å². The summed E-state index contributed by atoms with van der Waals surface area (Å²) >= 11 is 0. The van der Waals surface area contributed by atoms with Crippen molar-refractivity contribution >= 4 is 12.0 Å². The largest absolute Gasteiger partial charge is 0.480 e. The van der Waals surface area contributed by atoms with Gasteiger partial charge in [-0.15, -0.1) is 6.42 Å². The molecule has 3 N–H and O–H groups in total. The molecule has 0 bridgehead atoms. The molecule has 6 nitrogen and oxygen atoms in total. The predicted octanol–water partition coefficient (Wildman–Crippen LogP) is 0.187. The average Bonchev–Trinajstić information content (AvgIpc) is 2.27. The number of ether oxygens (including phenoxy) is 1. The summed E-state index contributed by atoms with van der Waals surface area (Å²) < 4.78 is 4.68. The van der Waals surface area contributed by atoms with Crippen LogP contribution in [0.3, 0.4) is 0 Å². The van der Waals surface area contributed by atoms with Crippen LogP contribution in [0.1, 0.15) is 19.8 Å². The first-order valence-corrected chi connectivity index (χ1v) is 5.30. The van der Waals surface area contributed by atoms with Crippen LogP contribution < -0.4 is 10.6 Å². The van der Waals surface area contributed by atoms with Gasteiger partial charge >= 0.3 is 12.0 Å². The van der Waals surface area contributed by atoms with Crippen LogP contribution in [0.4, 0.5) is 4.79 Å². The number of hydrogen-bond donors (Lipinski definition) is 3. The molecule has 2 amide bonds. The van der Waals surface area contributed by atoms with Crippen LogP contribution >= 0.6 is 0 Å². The van der Waals surface area contributed by atoms with Gasteiger partial charge in [0.2, 0.25) is 0 Å². The number of amides is 2. The molecule has 0 saturated heterocycles. The summed E-state index contributed by atoms with van der Waals surface area (Å²) in [6.45, 7) is 1.84. The minimum absolute atomic E-state index is 0.0999. The fourth-order valence-electron chi connectivity index (χ4n) is 1.19. The van der Waals surface area contributed by atoms with Crippen molar-refractivity contribution in [1.29, 1.82) is 0 Å². The SMILES string of the molecule is C#CC(CCC)NC(=O)NC(COC)C(=O)O. The molecule has 0 aromatic heterocycles. The standard InChI is InChI=1S/C11H18N2O4/c1-4-6-8(5-2)12-11(16)13-9(7-17-3)10(14)15/h2,8-9H,4,6-7H2,1,3H3,(H,14,15)(H2,12,13,16). The fraction of sp³-hybridized carbons (Fsp3) is 0.636. The van der Waals surface area contributed by atoms with Crippen molar-refractivity contribution in [1.82, 2.24) is 10.6 Å². The first-order valence-electron chi connectivity index (χ1n) is 5.30. The molecule has 2 unspecified atom stereocenters. The highest BCUT2D eigenvalue weighted by atomic mass is 16.5. The Balaban J connectivity index is 4.22. The Morgan fingerprint density at radius 2 is 2.12 bits per heavy atom. The lowest BCUT2D eigenvalue weighted by molar-refractivity contribution is -0.140. The van der Waals surface area contributed by atoms with E-state index in [2.05, 4.69) is 21.3 Å². The van der Waals surface area contributed by atoms with Crippen LogP contribution in [0.5, 0.6) is 0 Å². The Morgan fingerprint density at radius 1 is 1.47 bits per heavy atom. The molecule has 0 aliphatic carbocycles. The van der Waals surface area contributed by atoms with E-state index in [1.165, 1.54) is 7.11 Å². The second-order valence-electron chi connectivity index (χ2n) is 3.47. The number of nitrogens with one attached hydrogen (secondary N) is 2. The number of methoxy groups -OCH3 is 1. The molecule has 0 spiro atoms. The van der Waals surface area contributed by atoms with Crippen LogP contribution in [0, 0.1) is 12.3 Å². The molecule has 0 rings (SSSR count). The van der Waals surface area contributed by atoms with Gasteiger partial charge in [-0.2, -0.15) is 0 Å². The lowest BCUT2D eigenvalue weighted by Crippen LogP contribution is -2.50. The summed E-state index contributed by atoms with van der Waals surface area (Å²) in [5.41, 5.74) is 0. The van der Waals surface area contributed by atoms with Crippen LogP contribution in [-0.2, 0) is 9.53 Å². The molecule has 0 fully saturated rings. The van der Waals surface area contributed by atoms with Gasteiger partial charge in [-0.25, -0.2) is 9.59 Å². The minimum Gasteiger partial charge on any atom is -0.480 e. The molecule has 17 heavy (non-hydrogen) atoms. The zero-order chi connectivity index (χ0) is 13.3. The second kappa shape index (κ2) is 8.42. The van der Waals surface area contributed by atoms with Crippen LogP contribution in [-0.4, -0.2) is 42.9 Å². The molecule has 6 heteroatoms. The maximum absolute atomic E-state index is 11.4. The molecule has 96 valence electrons. The Kier molecular flexibility index (Phi) is 7.55. The number of carbonyl (C=O) groups is 2. The van der Waals surface area contributed by atoms with Gasteiger partial charge in [0.25, 0.3) is 0 Å². The van der Waals surface area contributed by atoms with Gasteiger partial charge in [0, 0.05) is 7.11 Å². The maximum atomic E-state index is 11.4. The Hall–Kier alpha value is -1.74. The quantitative estimate of drug-likeness (QED) is 0.556. The fourth-order valence-corrected chi connectivity index (χ4v) is 1.19. The smallest absolute Gasteiger partial charge is 0.328 e. The van der Waals surface area contributed by atoms with Crippen molar-refractivity contribution in [2.45, 2.75) is 31.8 Å². The molecule has 0 aromatic rings. The van der Waals surface area contributed by atoms with E-state index >= 15 is 0 Å². The number of aliphatic carboxylic acids is 1. The lowest BCUT2D eigenvalue weighted by Gasteiger charge is -2.17. The summed E-state index contributed by atoms with van der Waals surface area (Å²) in [6.07, 6.45) is 6.70. The molecular formula is C11H18N2O4. The van der Waals surface area contributed by atoms with Crippen molar-refractivity contribution in [3.05, 3.63) is 0 Å². The average molecular weight is 242 g/mol. The van der Waals surface area contributed by atoms with Gasteiger partial charge in [-0.1, -0.05) is 19.3 Å². The molecule has 0 aromatic carbocycles. The molecule has 0 aliphatic rings. The highest BCUT2D eigenvalue weighted by molar-refractivity contribution is 5.82. The van der Waals surface area contributed by atoms with E-state index in [0.717, 1.165) is 6.42 Å². The minimum atomic E-state index is -1.16. The van der Waals surface area contributed by atoms with Crippen LogP contribution in [0.25, 0.3) is 0 Å². The summed E-state index contributed by atoms with van der Waals surface area (Å²) in [5, 5.41) is 13.6. The van der Waals surface area contributed by atoms with Gasteiger partial charge in [-0.3, -0.25) is 0 Å². The molecule has 0 radical (unpaired) electrons. The number of terminal acetylenes is 1. The van der Waals surface area contributed by atoms with E-state index in [0.29, 0.717) is 6.42 Å². The van der Waals surface area contributed by atoms with Crippen LogP contribution in [0.15, 0.2) is 0 Å². The Bertz CT molecular complexity index is 298. The molecule has 2 atom stereocenters. The predicted molar refractivity (Wildman–Crippen MR) is 62.5 cm³/mol. The zero-order valence-corrected chi connectivity index (χ0v) is 10.0. The first kappa shape index (κ1) is 15.3. The number of urea groups is 1. The number of rotatable bonds is 7. The summed E-state index contributed by atoms with van der Waals surface area (Å²) in [7, 11) is 1.36. The van der Waals surface area contributed by atoms with Gasteiger partial charge in [0.05, 0.1) is 12.6 Å². The molecular weight excluding hydrogens is 224 g/mol. The molecule has 0 heterocycles. The summed E-state index contributed by atoms with van der Waals surface area (Å²) in [4.78, 5) is 22.2. The number of carboxylic acids is 1. The van der Waals surface area contributed by atoms with Crippen molar-refractivity contribution in [2.75, 3.05) is 13.7 Å².